The second kappa shape index (κ2) is 5.69. The lowest BCUT2D eigenvalue weighted by Crippen LogP contribution is -2.62. The molecule has 1 saturated carbocycles. The molecule has 106 valence electrons. The number of carbonyl (C=O) groups is 1. The lowest BCUT2D eigenvalue weighted by atomic mass is 9.64. The standard InChI is InChI=1S/C13H22N4O2/c1-4-19-11-7-10(13(11,2)3)16-12(18)5-6-17-9-14-8-15-17/h8-11H,4-7H2,1-3H3,(H,16,18)/t10-,11+/m1/s1. The van der Waals surface area contributed by atoms with Crippen LogP contribution in [0.25, 0.3) is 0 Å². The number of nitrogens with zero attached hydrogens (tertiary/aromatic N) is 3. The summed E-state index contributed by atoms with van der Waals surface area (Å²) in [4.78, 5) is 15.7. The molecule has 0 aromatic carbocycles. The molecule has 1 aliphatic carbocycles. The Morgan fingerprint density at radius 2 is 2.37 bits per heavy atom. The van der Waals surface area contributed by atoms with Gasteiger partial charge in [-0.25, -0.2) is 4.98 Å². The molecule has 0 bridgehead atoms. The highest BCUT2D eigenvalue weighted by Crippen LogP contribution is 2.42. The van der Waals surface area contributed by atoms with Gasteiger partial charge in [-0.05, 0) is 13.3 Å². The first kappa shape index (κ1) is 14.0. The van der Waals surface area contributed by atoms with Gasteiger partial charge in [0.25, 0.3) is 0 Å². The zero-order valence-corrected chi connectivity index (χ0v) is 11.8. The second-order valence-electron chi connectivity index (χ2n) is 5.53. The first-order chi connectivity index (χ1) is 9.04. The van der Waals surface area contributed by atoms with Crippen LogP contribution in [0.4, 0.5) is 0 Å². The molecule has 6 heteroatoms. The highest BCUT2D eigenvalue weighted by Gasteiger charge is 2.49. The van der Waals surface area contributed by atoms with Gasteiger partial charge in [-0.3, -0.25) is 9.48 Å². The summed E-state index contributed by atoms with van der Waals surface area (Å²) in [5.74, 6) is 0.0588. The molecule has 0 spiro atoms. The highest BCUT2D eigenvalue weighted by atomic mass is 16.5. The second-order valence-corrected chi connectivity index (χ2v) is 5.53. The van der Waals surface area contributed by atoms with E-state index < -0.39 is 0 Å². The fraction of sp³-hybridized carbons (Fsp3) is 0.769. The first-order valence-electron chi connectivity index (χ1n) is 6.77. The molecule has 0 unspecified atom stereocenters. The monoisotopic (exact) mass is 266 g/mol. The van der Waals surface area contributed by atoms with Gasteiger partial charge in [0, 0.05) is 24.5 Å². The average molecular weight is 266 g/mol. The Labute approximate surface area is 113 Å². The molecule has 1 amide bonds. The van der Waals surface area contributed by atoms with Gasteiger partial charge < -0.3 is 10.1 Å². The van der Waals surface area contributed by atoms with E-state index in [2.05, 4.69) is 29.2 Å². The predicted molar refractivity (Wildman–Crippen MR) is 70.4 cm³/mol. The third kappa shape index (κ3) is 3.12. The highest BCUT2D eigenvalue weighted by molar-refractivity contribution is 5.76. The van der Waals surface area contributed by atoms with Gasteiger partial charge in [-0.15, -0.1) is 0 Å². The van der Waals surface area contributed by atoms with E-state index >= 15 is 0 Å². The molecule has 1 aromatic rings. The average Bonchev–Trinajstić information content (AvgIpc) is 2.88. The van der Waals surface area contributed by atoms with Crippen LogP contribution in [0.5, 0.6) is 0 Å². The number of carbonyl (C=O) groups excluding carboxylic acids is 1. The van der Waals surface area contributed by atoms with Crippen molar-refractivity contribution in [2.45, 2.75) is 52.3 Å². The smallest absolute Gasteiger partial charge is 0.222 e. The summed E-state index contributed by atoms with van der Waals surface area (Å²) in [7, 11) is 0. The number of hydrogen-bond donors (Lipinski definition) is 1. The Bertz CT molecular complexity index is 416. The minimum atomic E-state index is 0.0128. The van der Waals surface area contributed by atoms with Crippen LogP contribution in [0.1, 0.15) is 33.6 Å². The molecule has 0 saturated heterocycles. The van der Waals surface area contributed by atoms with E-state index in [1.54, 1.807) is 11.0 Å². The number of aromatic nitrogens is 3. The molecule has 2 rings (SSSR count). The van der Waals surface area contributed by atoms with Crippen molar-refractivity contribution in [3.8, 4) is 0 Å². The molecule has 0 aliphatic heterocycles. The molecule has 1 heterocycles. The fourth-order valence-corrected chi connectivity index (χ4v) is 2.45. The zero-order valence-electron chi connectivity index (χ0n) is 11.8. The summed E-state index contributed by atoms with van der Waals surface area (Å²) in [5.41, 5.74) is 0.0128. The van der Waals surface area contributed by atoms with E-state index in [0.717, 1.165) is 13.0 Å². The van der Waals surface area contributed by atoms with Gasteiger partial charge in [0.05, 0.1) is 12.6 Å². The third-order valence-electron chi connectivity index (χ3n) is 3.92. The molecule has 1 aliphatic rings. The maximum atomic E-state index is 11.9. The molecule has 0 radical (unpaired) electrons. The summed E-state index contributed by atoms with van der Waals surface area (Å²) in [5, 5.41) is 7.05. The van der Waals surface area contributed by atoms with Crippen LogP contribution in [0.3, 0.4) is 0 Å². The van der Waals surface area contributed by atoms with Gasteiger partial charge in [-0.1, -0.05) is 13.8 Å². The van der Waals surface area contributed by atoms with Crippen molar-refractivity contribution in [2.24, 2.45) is 5.41 Å². The zero-order chi connectivity index (χ0) is 13.9. The number of rotatable bonds is 6. The number of hydrogen-bond acceptors (Lipinski definition) is 4. The van der Waals surface area contributed by atoms with Crippen molar-refractivity contribution in [3.63, 3.8) is 0 Å². The number of ether oxygens (including phenoxy) is 1. The lowest BCUT2D eigenvalue weighted by molar-refractivity contribution is -0.136. The Kier molecular flexibility index (Phi) is 4.19. The number of aryl methyl sites for hydroxylation is 1. The van der Waals surface area contributed by atoms with E-state index in [4.69, 9.17) is 4.74 Å². The van der Waals surface area contributed by atoms with Crippen LogP contribution in [-0.2, 0) is 16.1 Å². The first-order valence-corrected chi connectivity index (χ1v) is 6.77. The normalized spacial score (nSPS) is 24.8. The number of nitrogens with one attached hydrogen (secondary N) is 1. The molecule has 1 fully saturated rings. The van der Waals surface area contributed by atoms with Crippen LogP contribution >= 0.6 is 0 Å². The Balaban J connectivity index is 1.74. The van der Waals surface area contributed by atoms with E-state index in [-0.39, 0.29) is 23.5 Å². The predicted octanol–water partition coefficient (Wildman–Crippen LogP) is 0.988. The summed E-state index contributed by atoms with van der Waals surface area (Å²) in [6.07, 6.45) is 4.66. The third-order valence-corrected chi connectivity index (χ3v) is 3.92. The Morgan fingerprint density at radius 3 is 2.95 bits per heavy atom. The van der Waals surface area contributed by atoms with E-state index in [0.29, 0.717) is 13.0 Å². The topological polar surface area (TPSA) is 69.0 Å². The largest absolute Gasteiger partial charge is 0.378 e. The Hall–Kier alpha value is -1.43. The van der Waals surface area contributed by atoms with Crippen molar-refractivity contribution in [3.05, 3.63) is 12.7 Å². The van der Waals surface area contributed by atoms with Gasteiger partial charge in [-0.2, -0.15) is 5.10 Å². The minimum Gasteiger partial charge on any atom is -0.378 e. The molecule has 1 N–H and O–H groups in total. The molecular formula is C13H22N4O2. The summed E-state index contributed by atoms with van der Waals surface area (Å²) >= 11 is 0. The van der Waals surface area contributed by atoms with Gasteiger partial charge in [0.1, 0.15) is 12.7 Å². The number of amides is 1. The molecule has 19 heavy (non-hydrogen) atoms. The molecular weight excluding hydrogens is 244 g/mol. The molecule has 6 nitrogen and oxygen atoms in total. The van der Waals surface area contributed by atoms with Crippen molar-refractivity contribution in [2.75, 3.05) is 6.61 Å². The summed E-state index contributed by atoms with van der Waals surface area (Å²) in [6.45, 7) is 7.56. The lowest BCUT2D eigenvalue weighted by Gasteiger charge is -2.51. The van der Waals surface area contributed by atoms with Crippen LogP contribution in [0.15, 0.2) is 12.7 Å². The maximum Gasteiger partial charge on any atom is 0.222 e. The van der Waals surface area contributed by atoms with Gasteiger partial charge in [0.15, 0.2) is 0 Å². The quantitative estimate of drug-likeness (QED) is 0.833. The minimum absolute atomic E-state index is 0.0128. The van der Waals surface area contributed by atoms with Crippen molar-refractivity contribution in [1.82, 2.24) is 20.1 Å². The van der Waals surface area contributed by atoms with Crippen molar-refractivity contribution in [1.29, 1.82) is 0 Å². The van der Waals surface area contributed by atoms with Gasteiger partial charge in [0.2, 0.25) is 5.91 Å². The molecule has 2 atom stereocenters. The van der Waals surface area contributed by atoms with Crippen molar-refractivity contribution < 1.29 is 9.53 Å². The van der Waals surface area contributed by atoms with Crippen LogP contribution < -0.4 is 5.32 Å². The maximum absolute atomic E-state index is 11.9. The van der Waals surface area contributed by atoms with Crippen LogP contribution in [0.2, 0.25) is 0 Å². The van der Waals surface area contributed by atoms with Gasteiger partial charge >= 0.3 is 0 Å². The molecule has 1 aromatic heterocycles. The van der Waals surface area contributed by atoms with Crippen molar-refractivity contribution >= 4 is 5.91 Å². The SMILES string of the molecule is CCO[C@H]1C[C@@H](NC(=O)CCn2cncn2)C1(C)C. The summed E-state index contributed by atoms with van der Waals surface area (Å²) < 4.78 is 7.31. The van der Waals surface area contributed by atoms with Crippen LogP contribution in [-0.4, -0.2) is 39.4 Å². The van der Waals surface area contributed by atoms with E-state index in [1.807, 2.05) is 6.92 Å². The van der Waals surface area contributed by atoms with E-state index in [9.17, 15) is 4.79 Å². The Morgan fingerprint density at radius 1 is 1.58 bits per heavy atom. The summed E-state index contributed by atoms with van der Waals surface area (Å²) in [6, 6.07) is 0.201. The van der Waals surface area contributed by atoms with E-state index in [1.165, 1.54) is 6.33 Å². The van der Waals surface area contributed by atoms with Crippen LogP contribution in [0, 0.1) is 5.41 Å². The fourth-order valence-electron chi connectivity index (χ4n) is 2.45.